The van der Waals surface area contributed by atoms with Crippen LogP contribution in [0.3, 0.4) is 0 Å². The van der Waals surface area contributed by atoms with Crippen molar-refractivity contribution in [3.63, 3.8) is 0 Å². The molecule has 2 saturated carbocycles. The third-order valence-corrected chi connectivity index (χ3v) is 7.11. The number of hydrogen-bond donors (Lipinski definition) is 1. The van der Waals surface area contributed by atoms with Crippen LogP contribution in [0.1, 0.15) is 59.3 Å². The van der Waals surface area contributed by atoms with Crippen molar-refractivity contribution in [3.8, 4) is 0 Å². The van der Waals surface area contributed by atoms with Gasteiger partial charge in [-0.05, 0) is 31.6 Å². The van der Waals surface area contributed by atoms with Gasteiger partial charge in [0.1, 0.15) is 0 Å². The third kappa shape index (κ3) is 3.12. The van der Waals surface area contributed by atoms with Crippen molar-refractivity contribution >= 4 is 16.9 Å². The van der Waals surface area contributed by atoms with Crippen molar-refractivity contribution in [3.05, 3.63) is 0 Å². The second-order valence-electron chi connectivity index (χ2n) is 7.67. The quantitative estimate of drug-likeness (QED) is 0.860. The SMILES string of the molecule is CCOC1CC(NC2=NCC3(CCCCC3)CS2)C1(C)C. The second kappa shape index (κ2) is 6.11. The number of ether oxygens (including phenoxy) is 1. The number of rotatable bonds is 3. The predicted octanol–water partition coefficient (Wildman–Crippen LogP) is 3.83. The fourth-order valence-electron chi connectivity index (χ4n) is 4.01. The molecule has 1 aliphatic heterocycles. The first-order chi connectivity index (χ1) is 10.1. The standard InChI is InChI=1S/C17H30N2OS/c1-4-20-14-10-13(16(14,2)3)19-15-18-11-17(12-21-15)8-6-5-7-9-17/h13-14H,4-12H2,1-3H3,(H,18,19). The smallest absolute Gasteiger partial charge is 0.156 e. The van der Waals surface area contributed by atoms with Gasteiger partial charge in [-0.25, -0.2) is 0 Å². The second-order valence-corrected chi connectivity index (χ2v) is 8.63. The summed E-state index contributed by atoms with van der Waals surface area (Å²) >= 11 is 1.96. The Morgan fingerprint density at radius 2 is 2.05 bits per heavy atom. The Balaban J connectivity index is 1.53. The van der Waals surface area contributed by atoms with E-state index in [-0.39, 0.29) is 5.41 Å². The van der Waals surface area contributed by atoms with E-state index < -0.39 is 0 Å². The van der Waals surface area contributed by atoms with E-state index in [9.17, 15) is 0 Å². The van der Waals surface area contributed by atoms with Crippen LogP contribution in [0.25, 0.3) is 0 Å². The molecule has 2 fully saturated rings. The average Bonchev–Trinajstić information content (AvgIpc) is 2.49. The molecule has 3 nitrogen and oxygen atoms in total. The molecule has 4 heteroatoms. The number of nitrogens with zero attached hydrogens (tertiary/aromatic N) is 1. The summed E-state index contributed by atoms with van der Waals surface area (Å²) in [4.78, 5) is 4.89. The molecule has 120 valence electrons. The van der Waals surface area contributed by atoms with E-state index >= 15 is 0 Å². The van der Waals surface area contributed by atoms with E-state index in [1.165, 1.54) is 43.0 Å². The van der Waals surface area contributed by atoms with Gasteiger partial charge in [-0.15, -0.1) is 0 Å². The lowest BCUT2D eigenvalue weighted by Crippen LogP contribution is -2.62. The first kappa shape index (κ1) is 15.7. The molecule has 0 bridgehead atoms. The minimum atomic E-state index is 0.221. The van der Waals surface area contributed by atoms with E-state index in [0.717, 1.165) is 19.6 Å². The van der Waals surface area contributed by atoms with Crippen molar-refractivity contribution in [2.45, 2.75) is 71.4 Å². The van der Waals surface area contributed by atoms with Gasteiger partial charge in [-0.3, -0.25) is 4.99 Å². The first-order valence-electron chi connectivity index (χ1n) is 8.61. The molecule has 1 spiro atoms. The number of amidine groups is 1. The maximum absolute atomic E-state index is 5.82. The van der Waals surface area contributed by atoms with Crippen LogP contribution in [0.5, 0.6) is 0 Å². The summed E-state index contributed by atoms with van der Waals surface area (Å²) in [5, 5.41) is 4.87. The topological polar surface area (TPSA) is 33.6 Å². The summed E-state index contributed by atoms with van der Waals surface area (Å²) in [5.41, 5.74) is 0.746. The molecule has 1 heterocycles. The van der Waals surface area contributed by atoms with Gasteiger partial charge in [0, 0.05) is 30.4 Å². The molecule has 0 radical (unpaired) electrons. The van der Waals surface area contributed by atoms with Gasteiger partial charge in [-0.1, -0.05) is 44.9 Å². The fourth-order valence-corrected chi connectivity index (χ4v) is 5.21. The monoisotopic (exact) mass is 310 g/mol. The van der Waals surface area contributed by atoms with Gasteiger partial charge >= 0.3 is 0 Å². The third-order valence-electron chi connectivity index (χ3n) is 5.83. The van der Waals surface area contributed by atoms with Crippen LogP contribution in [-0.4, -0.2) is 36.2 Å². The van der Waals surface area contributed by atoms with Crippen LogP contribution in [0.15, 0.2) is 4.99 Å². The molecule has 2 aliphatic carbocycles. The van der Waals surface area contributed by atoms with E-state index in [0.29, 0.717) is 17.6 Å². The van der Waals surface area contributed by atoms with Crippen LogP contribution >= 0.6 is 11.8 Å². The summed E-state index contributed by atoms with van der Waals surface area (Å²) in [6.07, 6.45) is 8.53. The summed E-state index contributed by atoms with van der Waals surface area (Å²) in [6.45, 7) is 8.57. The van der Waals surface area contributed by atoms with Gasteiger partial charge in [0.2, 0.25) is 0 Å². The zero-order valence-corrected chi connectivity index (χ0v) is 14.6. The van der Waals surface area contributed by atoms with Gasteiger partial charge in [0.05, 0.1) is 6.10 Å². The molecular weight excluding hydrogens is 280 g/mol. The molecule has 2 unspecified atom stereocenters. The van der Waals surface area contributed by atoms with E-state index in [1.807, 2.05) is 11.8 Å². The van der Waals surface area contributed by atoms with E-state index in [4.69, 9.17) is 9.73 Å². The summed E-state index contributed by atoms with van der Waals surface area (Å²) in [5.74, 6) is 1.26. The summed E-state index contributed by atoms with van der Waals surface area (Å²) in [6, 6.07) is 0.515. The molecule has 2 atom stereocenters. The van der Waals surface area contributed by atoms with Crippen LogP contribution in [0.2, 0.25) is 0 Å². The minimum absolute atomic E-state index is 0.221. The number of nitrogens with one attached hydrogen (secondary N) is 1. The van der Waals surface area contributed by atoms with Gasteiger partial charge < -0.3 is 10.1 Å². The lowest BCUT2D eigenvalue weighted by molar-refractivity contribution is -0.109. The van der Waals surface area contributed by atoms with Gasteiger partial charge in [-0.2, -0.15) is 0 Å². The summed E-state index contributed by atoms with van der Waals surface area (Å²) in [7, 11) is 0. The Bertz CT molecular complexity index is 402. The Hall–Kier alpha value is -0.220. The Morgan fingerprint density at radius 3 is 2.62 bits per heavy atom. The molecule has 0 aromatic carbocycles. The largest absolute Gasteiger partial charge is 0.378 e. The lowest BCUT2D eigenvalue weighted by atomic mass is 9.64. The highest BCUT2D eigenvalue weighted by molar-refractivity contribution is 8.13. The highest BCUT2D eigenvalue weighted by Gasteiger charge is 2.49. The van der Waals surface area contributed by atoms with E-state index in [2.05, 4.69) is 26.1 Å². The Morgan fingerprint density at radius 1 is 1.29 bits per heavy atom. The zero-order valence-electron chi connectivity index (χ0n) is 13.8. The maximum atomic E-state index is 5.82. The molecule has 21 heavy (non-hydrogen) atoms. The zero-order chi connectivity index (χ0) is 14.9. The van der Waals surface area contributed by atoms with Crippen molar-refractivity contribution in [2.75, 3.05) is 18.9 Å². The van der Waals surface area contributed by atoms with Crippen LogP contribution in [0, 0.1) is 10.8 Å². The van der Waals surface area contributed by atoms with Gasteiger partial charge in [0.15, 0.2) is 5.17 Å². The van der Waals surface area contributed by atoms with Crippen LogP contribution < -0.4 is 5.32 Å². The van der Waals surface area contributed by atoms with Crippen molar-refractivity contribution < 1.29 is 4.74 Å². The molecule has 0 saturated heterocycles. The van der Waals surface area contributed by atoms with Crippen molar-refractivity contribution in [2.24, 2.45) is 15.8 Å². The first-order valence-corrected chi connectivity index (χ1v) is 9.60. The molecule has 0 aromatic rings. The number of hydrogen-bond acceptors (Lipinski definition) is 4. The van der Waals surface area contributed by atoms with Crippen molar-refractivity contribution in [1.82, 2.24) is 5.32 Å². The van der Waals surface area contributed by atoms with E-state index in [1.54, 1.807) is 0 Å². The molecule has 0 amide bonds. The van der Waals surface area contributed by atoms with Crippen LogP contribution in [-0.2, 0) is 4.74 Å². The molecule has 3 aliphatic rings. The summed E-state index contributed by atoms with van der Waals surface area (Å²) < 4.78 is 5.82. The highest BCUT2D eigenvalue weighted by atomic mass is 32.2. The lowest BCUT2D eigenvalue weighted by Gasteiger charge is -2.52. The van der Waals surface area contributed by atoms with Crippen LogP contribution in [0.4, 0.5) is 0 Å². The minimum Gasteiger partial charge on any atom is -0.378 e. The van der Waals surface area contributed by atoms with Gasteiger partial charge in [0.25, 0.3) is 0 Å². The fraction of sp³-hybridized carbons (Fsp3) is 0.941. The van der Waals surface area contributed by atoms with Crippen molar-refractivity contribution in [1.29, 1.82) is 0 Å². The number of thioether (sulfide) groups is 1. The Kier molecular flexibility index (Phi) is 4.56. The maximum Gasteiger partial charge on any atom is 0.156 e. The normalized spacial score (nSPS) is 34.1. The number of aliphatic imine (C=N–C) groups is 1. The highest BCUT2D eigenvalue weighted by Crippen LogP contribution is 2.45. The average molecular weight is 311 g/mol. The Labute approximate surface area is 133 Å². The molecule has 0 aromatic heterocycles. The molecule has 3 rings (SSSR count). The molecule has 1 N–H and O–H groups in total. The predicted molar refractivity (Wildman–Crippen MR) is 91.0 cm³/mol. The molecular formula is C17H30N2OS.